The van der Waals surface area contributed by atoms with Crippen LogP contribution in [0.1, 0.15) is 19.0 Å². The second-order valence-corrected chi connectivity index (χ2v) is 2.94. The molecule has 72 valence electrons. The first-order valence-electron chi connectivity index (χ1n) is 4.36. The fourth-order valence-corrected chi connectivity index (χ4v) is 1.07. The zero-order valence-corrected chi connectivity index (χ0v) is 8.07. The molecule has 0 aliphatic rings. The predicted octanol–water partition coefficient (Wildman–Crippen LogP) is 1.72. The lowest BCUT2D eigenvalue weighted by atomic mass is 10.2. The summed E-state index contributed by atoms with van der Waals surface area (Å²) in [4.78, 5) is 7.94. The summed E-state index contributed by atoms with van der Waals surface area (Å²) in [6, 6.07) is 2.19. The summed E-state index contributed by atoms with van der Waals surface area (Å²) in [5.41, 5.74) is 0.323. The second-order valence-electron chi connectivity index (χ2n) is 2.94. The van der Waals surface area contributed by atoms with Crippen LogP contribution >= 0.6 is 0 Å². The lowest BCUT2D eigenvalue weighted by Gasteiger charge is -2.12. The minimum Gasteiger partial charge on any atom is -0.365 e. The number of aromatic nitrogens is 2. The molecule has 0 radical (unpaired) electrons. The van der Waals surface area contributed by atoms with Gasteiger partial charge in [0.1, 0.15) is 6.07 Å². The number of nitrogens with one attached hydrogen (secondary N) is 1. The monoisotopic (exact) mass is 188 g/mol. The molecule has 1 N–H and O–H groups in total. The number of anilines is 1. The lowest BCUT2D eigenvalue weighted by molar-refractivity contribution is 0.804. The quantitative estimate of drug-likeness (QED) is 0.731. The normalized spacial score (nSPS) is 11.4. The van der Waals surface area contributed by atoms with Gasteiger partial charge in [0.25, 0.3) is 0 Å². The maximum atomic E-state index is 8.75. The Labute approximate surface area is 83.3 Å². The number of hydrogen-bond donors (Lipinski definition) is 1. The second kappa shape index (κ2) is 4.97. The molecular formula is C10H12N4. The highest BCUT2D eigenvalue weighted by Crippen LogP contribution is 2.09. The first kappa shape index (κ1) is 10.2. The third-order valence-corrected chi connectivity index (χ3v) is 1.71. The zero-order chi connectivity index (χ0) is 10.4. The molecule has 1 unspecified atom stereocenters. The standard InChI is InChI=1S/C10H12N4/c1-3-4-8(2)14-10-9(7-11)12-5-6-13-10/h3,5-6,8H,1,4H2,2H3,(H,13,14). The Kier molecular flexibility index (Phi) is 3.62. The predicted molar refractivity (Wildman–Crippen MR) is 54.6 cm³/mol. The van der Waals surface area contributed by atoms with E-state index in [1.807, 2.05) is 19.1 Å². The molecule has 4 heteroatoms. The number of hydrogen-bond acceptors (Lipinski definition) is 4. The van der Waals surface area contributed by atoms with Crippen molar-refractivity contribution in [2.75, 3.05) is 5.32 Å². The first-order valence-corrected chi connectivity index (χ1v) is 4.36. The molecule has 1 atom stereocenters. The largest absolute Gasteiger partial charge is 0.365 e. The number of nitriles is 1. The molecule has 0 aliphatic heterocycles. The molecule has 0 amide bonds. The molecule has 14 heavy (non-hydrogen) atoms. The van der Waals surface area contributed by atoms with Crippen LogP contribution in [0, 0.1) is 11.3 Å². The maximum absolute atomic E-state index is 8.75. The molecule has 1 aromatic heterocycles. The minimum absolute atomic E-state index is 0.205. The van der Waals surface area contributed by atoms with Crippen molar-refractivity contribution in [3.63, 3.8) is 0 Å². The molecule has 0 saturated heterocycles. The molecule has 1 aromatic rings. The van der Waals surface area contributed by atoms with Gasteiger partial charge in [-0.25, -0.2) is 9.97 Å². The van der Waals surface area contributed by atoms with Crippen LogP contribution in [0.4, 0.5) is 5.82 Å². The molecule has 4 nitrogen and oxygen atoms in total. The van der Waals surface area contributed by atoms with E-state index in [4.69, 9.17) is 5.26 Å². The third-order valence-electron chi connectivity index (χ3n) is 1.71. The Balaban J connectivity index is 2.76. The van der Waals surface area contributed by atoms with Crippen LogP contribution in [0.2, 0.25) is 0 Å². The van der Waals surface area contributed by atoms with Crippen LogP contribution in [0.25, 0.3) is 0 Å². The molecule has 0 spiro atoms. The van der Waals surface area contributed by atoms with Crippen molar-refractivity contribution in [1.82, 2.24) is 9.97 Å². The SMILES string of the molecule is C=CCC(C)Nc1nccnc1C#N. The Hall–Kier alpha value is -1.89. The van der Waals surface area contributed by atoms with Crippen LogP contribution < -0.4 is 5.32 Å². The van der Waals surface area contributed by atoms with Gasteiger partial charge < -0.3 is 5.32 Å². The Morgan fingerprint density at radius 1 is 1.64 bits per heavy atom. The summed E-state index contributed by atoms with van der Waals surface area (Å²) in [5, 5.41) is 11.8. The van der Waals surface area contributed by atoms with E-state index < -0.39 is 0 Å². The van der Waals surface area contributed by atoms with Gasteiger partial charge in [0.2, 0.25) is 0 Å². The van der Waals surface area contributed by atoms with Gasteiger partial charge in [0.15, 0.2) is 11.5 Å². The average molecular weight is 188 g/mol. The van der Waals surface area contributed by atoms with Gasteiger partial charge in [0, 0.05) is 18.4 Å². The summed E-state index contributed by atoms with van der Waals surface area (Å²) in [7, 11) is 0. The molecule has 0 aromatic carbocycles. The minimum atomic E-state index is 0.205. The van der Waals surface area contributed by atoms with Crippen LogP contribution in [-0.2, 0) is 0 Å². The highest BCUT2D eigenvalue weighted by atomic mass is 15.0. The molecule has 0 saturated carbocycles. The van der Waals surface area contributed by atoms with Gasteiger partial charge in [-0.2, -0.15) is 5.26 Å². The van der Waals surface area contributed by atoms with Gasteiger partial charge in [-0.15, -0.1) is 6.58 Å². The van der Waals surface area contributed by atoms with Crippen molar-refractivity contribution in [3.05, 3.63) is 30.7 Å². The summed E-state index contributed by atoms with van der Waals surface area (Å²) in [6.45, 7) is 5.64. The van der Waals surface area contributed by atoms with Crippen molar-refractivity contribution in [1.29, 1.82) is 5.26 Å². The number of nitrogens with zero attached hydrogens (tertiary/aromatic N) is 3. The van der Waals surface area contributed by atoms with Crippen molar-refractivity contribution in [3.8, 4) is 6.07 Å². The van der Waals surface area contributed by atoms with E-state index in [1.54, 1.807) is 6.20 Å². The Morgan fingerprint density at radius 2 is 2.36 bits per heavy atom. The Morgan fingerprint density at radius 3 is 3.00 bits per heavy atom. The van der Waals surface area contributed by atoms with Crippen LogP contribution in [0.15, 0.2) is 25.0 Å². The highest BCUT2D eigenvalue weighted by molar-refractivity contribution is 5.47. The summed E-state index contributed by atoms with van der Waals surface area (Å²) in [5.74, 6) is 0.532. The van der Waals surface area contributed by atoms with Crippen LogP contribution in [-0.4, -0.2) is 16.0 Å². The van der Waals surface area contributed by atoms with Gasteiger partial charge in [0.05, 0.1) is 0 Å². The van der Waals surface area contributed by atoms with E-state index in [1.165, 1.54) is 6.20 Å². The van der Waals surface area contributed by atoms with Gasteiger partial charge >= 0.3 is 0 Å². The zero-order valence-electron chi connectivity index (χ0n) is 8.07. The van der Waals surface area contributed by atoms with E-state index in [0.29, 0.717) is 11.5 Å². The van der Waals surface area contributed by atoms with Crippen molar-refractivity contribution in [2.24, 2.45) is 0 Å². The Bertz CT molecular complexity index is 353. The maximum Gasteiger partial charge on any atom is 0.182 e. The van der Waals surface area contributed by atoms with E-state index in [0.717, 1.165) is 6.42 Å². The average Bonchev–Trinajstić information content (AvgIpc) is 2.19. The smallest absolute Gasteiger partial charge is 0.182 e. The summed E-state index contributed by atoms with van der Waals surface area (Å²) >= 11 is 0. The lowest BCUT2D eigenvalue weighted by Crippen LogP contribution is -2.16. The molecule has 0 fully saturated rings. The van der Waals surface area contributed by atoms with Crippen molar-refractivity contribution < 1.29 is 0 Å². The molecule has 1 rings (SSSR count). The molecule has 1 heterocycles. The fraction of sp³-hybridized carbons (Fsp3) is 0.300. The van der Waals surface area contributed by atoms with Crippen LogP contribution in [0.3, 0.4) is 0 Å². The van der Waals surface area contributed by atoms with Crippen molar-refractivity contribution in [2.45, 2.75) is 19.4 Å². The van der Waals surface area contributed by atoms with E-state index in [9.17, 15) is 0 Å². The third kappa shape index (κ3) is 2.56. The van der Waals surface area contributed by atoms with Crippen molar-refractivity contribution >= 4 is 5.82 Å². The summed E-state index contributed by atoms with van der Waals surface area (Å²) in [6.07, 6.45) is 5.70. The van der Waals surface area contributed by atoms with Crippen LogP contribution in [0.5, 0.6) is 0 Å². The van der Waals surface area contributed by atoms with E-state index in [-0.39, 0.29) is 6.04 Å². The number of rotatable bonds is 4. The molecule has 0 bridgehead atoms. The molecular weight excluding hydrogens is 176 g/mol. The van der Waals surface area contributed by atoms with Gasteiger partial charge in [-0.05, 0) is 13.3 Å². The fourth-order valence-electron chi connectivity index (χ4n) is 1.07. The summed E-state index contributed by atoms with van der Waals surface area (Å²) < 4.78 is 0. The van der Waals surface area contributed by atoms with Gasteiger partial charge in [-0.1, -0.05) is 6.08 Å². The van der Waals surface area contributed by atoms with Gasteiger partial charge in [-0.3, -0.25) is 0 Å². The first-order chi connectivity index (χ1) is 6.77. The molecule has 0 aliphatic carbocycles. The van der Waals surface area contributed by atoms with E-state index >= 15 is 0 Å². The van der Waals surface area contributed by atoms with E-state index in [2.05, 4.69) is 21.9 Å². The highest BCUT2D eigenvalue weighted by Gasteiger charge is 2.06. The topological polar surface area (TPSA) is 61.6 Å².